The van der Waals surface area contributed by atoms with Crippen LogP contribution >= 0.6 is 0 Å². The van der Waals surface area contributed by atoms with Crippen LogP contribution in [0.25, 0.3) is 0 Å². The van der Waals surface area contributed by atoms with Gasteiger partial charge in [0, 0.05) is 24.2 Å². The summed E-state index contributed by atoms with van der Waals surface area (Å²) in [6, 6.07) is 6.68. The summed E-state index contributed by atoms with van der Waals surface area (Å²) in [6.45, 7) is 0.873. The minimum Gasteiger partial charge on any atom is -0.497 e. The molecule has 0 aromatic heterocycles. The Kier molecular flexibility index (Phi) is 8.64. The fourth-order valence-corrected chi connectivity index (χ4v) is 2.56. The first-order chi connectivity index (χ1) is 11.5. The highest BCUT2D eigenvalue weighted by Crippen LogP contribution is 2.25. The molecule has 0 spiro atoms. The van der Waals surface area contributed by atoms with Gasteiger partial charge in [-0.2, -0.15) is 0 Å². The number of aliphatic carboxylic acids is 2. The standard InChI is InChI=1S/C15H23NO2.C2H2O4/c1-17-14-9-8-12(15(10-14)18-2)11-16-13-6-4-3-5-7-13;3-1(4)2(5)6/h8-10,13,16H,3-7,11H2,1-2H3;(H,3,4)(H,5,6). The lowest BCUT2D eigenvalue weighted by Crippen LogP contribution is -2.30. The summed E-state index contributed by atoms with van der Waals surface area (Å²) < 4.78 is 10.6. The van der Waals surface area contributed by atoms with Gasteiger partial charge in [0.05, 0.1) is 14.2 Å². The van der Waals surface area contributed by atoms with Crippen molar-refractivity contribution in [1.82, 2.24) is 5.32 Å². The Bertz CT molecular complexity index is 528. The van der Waals surface area contributed by atoms with Crippen molar-refractivity contribution in [3.8, 4) is 11.5 Å². The fourth-order valence-electron chi connectivity index (χ4n) is 2.56. The second kappa shape index (κ2) is 10.5. The molecule has 3 N–H and O–H groups in total. The maximum Gasteiger partial charge on any atom is 0.414 e. The number of carboxylic acids is 2. The zero-order valence-electron chi connectivity index (χ0n) is 14.1. The number of hydrogen-bond acceptors (Lipinski definition) is 5. The average Bonchev–Trinajstić information content (AvgIpc) is 2.61. The zero-order chi connectivity index (χ0) is 17.9. The van der Waals surface area contributed by atoms with Crippen molar-refractivity contribution in [3.05, 3.63) is 23.8 Å². The van der Waals surface area contributed by atoms with E-state index in [1.807, 2.05) is 12.1 Å². The molecule has 0 unspecified atom stereocenters. The normalized spacial score (nSPS) is 14.2. The number of benzene rings is 1. The summed E-state index contributed by atoms with van der Waals surface area (Å²) in [4.78, 5) is 18.2. The number of ether oxygens (including phenoxy) is 2. The van der Waals surface area contributed by atoms with Crippen LogP contribution in [0.15, 0.2) is 18.2 Å². The molecule has 0 atom stereocenters. The Morgan fingerprint density at radius 1 is 1.08 bits per heavy atom. The van der Waals surface area contributed by atoms with Gasteiger partial charge in [0.25, 0.3) is 0 Å². The molecule has 1 saturated carbocycles. The van der Waals surface area contributed by atoms with Gasteiger partial charge in [-0.05, 0) is 18.9 Å². The third-order valence-electron chi connectivity index (χ3n) is 3.86. The van der Waals surface area contributed by atoms with Crippen LogP contribution in [-0.4, -0.2) is 42.4 Å². The Labute approximate surface area is 141 Å². The first kappa shape index (κ1) is 19.8. The largest absolute Gasteiger partial charge is 0.497 e. The van der Waals surface area contributed by atoms with E-state index in [0.29, 0.717) is 6.04 Å². The second-order valence-electron chi connectivity index (χ2n) is 5.50. The van der Waals surface area contributed by atoms with Crippen molar-refractivity contribution in [2.45, 2.75) is 44.7 Å². The van der Waals surface area contributed by atoms with Gasteiger partial charge in [-0.25, -0.2) is 9.59 Å². The molecular weight excluding hydrogens is 314 g/mol. The molecule has 1 fully saturated rings. The van der Waals surface area contributed by atoms with Gasteiger partial charge in [0.2, 0.25) is 0 Å². The molecule has 7 heteroatoms. The van der Waals surface area contributed by atoms with Crippen LogP contribution in [0.2, 0.25) is 0 Å². The molecule has 0 amide bonds. The smallest absolute Gasteiger partial charge is 0.414 e. The quantitative estimate of drug-likeness (QED) is 0.707. The molecule has 0 saturated heterocycles. The van der Waals surface area contributed by atoms with Crippen molar-refractivity contribution >= 4 is 11.9 Å². The summed E-state index contributed by atoms with van der Waals surface area (Å²) in [7, 11) is 3.38. The van der Waals surface area contributed by atoms with Gasteiger partial charge in [0.15, 0.2) is 0 Å². The lowest BCUT2D eigenvalue weighted by molar-refractivity contribution is -0.159. The number of hydrogen-bond donors (Lipinski definition) is 3. The summed E-state index contributed by atoms with van der Waals surface area (Å²) in [5, 5.41) is 18.4. The molecule has 1 aliphatic carbocycles. The SMILES string of the molecule is COc1ccc(CNC2CCCCC2)c(OC)c1.O=C(O)C(=O)O. The predicted octanol–water partition coefficient (Wildman–Crippen LogP) is 2.28. The third-order valence-corrected chi connectivity index (χ3v) is 3.86. The Morgan fingerprint density at radius 3 is 2.21 bits per heavy atom. The minimum absolute atomic E-state index is 0.672. The molecule has 0 bridgehead atoms. The number of methoxy groups -OCH3 is 2. The minimum atomic E-state index is -1.82. The maximum absolute atomic E-state index is 9.10. The van der Waals surface area contributed by atoms with Gasteiger partial charge in [-0.1, -0.05) is 25.3 Å². The second-order valence-corrected chi connectivity index (χ2v) is 5.50. The van der Waals surface area contributed by atoms with Crippen molar-refractivity contribution in [2.24, 2.45) is 0 Å². The Morgan fingerprint density at radius 2 is 1.71 bits per heavy atom. The zero-order valence-corrected chi connectivity index (χ0v) is 14.1. The maximum atomic E-state index is 9.10. The third kappa shape index (κ3) is 6.87. The Hall–Kier alpha value is -2.28. The lowest BCUT2D eigenvalue weighted by atomic mass is 9.95. The molecule has 1 aliphatic rings. The summed E-state index contributed by atoms with van der Waals surface area (Å²) >= 11 is 0. The van der Waals surface area contributed by atoms with E-state index in [9.17, 15) is 0 Å². The predicted molar refractivity (Wildman–Crippen MR) is 88.5 cm³/mol. The van der Waals surface area contributed by atoms with E-state index < -0.39 is 11.9 Å². The first-order valence-electron chi connectivity index (χ1n) is 7.88. The molecule has 1 aromatic rings. The van der Waals surface area contributed by atoms with E-state index in [2.05, 4.69) is 11.4 Å². The van der Waals surface area contributed by atoms with Crippen molar-refractivity contribution in [2.75, 3.05) is 14.2 Å². The van der Waals surface area contributed by atoms with Crippen LogP contribution in [0, 0.1) is 0 Å². The fraction of sp³-hybridized carbons (Fsp3) is 0.529. The molecule has 134 valence electrons. The Balaban J connectivity index is 0.000000413. The number of rotatable bonds is 5. The van der Waals surface area contributed by atoms with Crippen LogP contribution in [0.5, 0.6) is 11.5 Å². The van der Waals surface area contributed by atoms with Gasteiger partial charge in [0.1, 0.15) is 11.5 Å². The van der Waals surface area contributed by atoms with E-state index in [-0.39, 0.29) is 0 Å². The number of carbonyl (C=O) groups is 2. The molecule has 0 radical (unpaired) electrons. The highest BCUT2D eigenvalue weighted by atomic mass is 16.5. The molecule has 0 heterocycles. The van der Waals surface area contributed by atoms with E-state index in [1.54, 1.807) is 14.2 Å². The van der Waals surface area contributed by atoms with E-state index in [4.69, 9.17) is 29.3 Å². The molecule has 1 aromatic carbocycles. The van der Waals surface area contributed by atoms with Gasteiger partial charge in [-0.15, -0.1) is 0 Å². The lowest BCUT2D eigenvalue weighted by Gasteiger charge is -2.23. The van der Waals surface area contributed by atoms with Crippen molar-refractivity contribution in [3.63, 3.8) is 0 Å². The number of carboxylic acid groups (broad SMARTS) is 2. The van der Waals surface area contributed by atoms with E-state index in [1.165, 1.54) is 37.7 Å². The van der Waals surface area contributed by atoms with Gasteiger partial charge < -0.3 is 25.0 Å². The van der Waals surface area contributed by atoms with Crippen LogP contribution in [0.4, 0.5) is 0 Å². The molecule has 2 rings (SSSR count). The van der Waals surface area contributed by atoms with Crippen LogP contribution < -0.4 is 14.8 Å². The number of nitrogens with one attached hydrogen (secondary N) is 1. The van der Waals surface area contributed by atoms with Gasteiger partial charge >= 0.3 is 11.9 Å². The van der Waals surface area contributed by atoms with Crippen LogP contribution in [0.3, 0.4) is 0 Å². The topological polar surface area (TPSA) is 105 Å². The monoisotopic (exact) mass is 339 g/mol. The van der Waals surface area contributed by atoms with Crippen molar-refractivity contribution in [1.29, 1.82) is 0 Å². The molecular formula is C17H25NO6. The highest BCUT2D eigenvalue weighted by molar-refractivity contribution is 6.27. The summed E-state index contributed by atoms with van der Waals surface area (Å²) in [5.41, 5.74) is 1.20. The van der Waals surface area contributed by atoms with E-state index >= 15 is 0 Å². The highest BCUT2D eigenvalue weighted by Gasteiger charge is 2.13. The van der Waals surface area contributed by atoms with Gasteiger partial charge in [-0.3, -0.25) is 0 Å². The summed E-state index contributed by atoms with van der Waals surface area (Å²) in [5.74, 6) is -1.91. The molecule has 7 nitrogen and oxygen atoms in total. The van der Waals surface area contributed by atoms with Crippen molar-refractivity contribution < 1.29 is 29.3 Å². The molecule has 0 aliphatic heterocycles. The summed E-state index contributed by atoms with van der Waals surface area (Å²) in [6.07, 6.45) is 6.72. The van der Waals surface area contributed by atoms with Crippen LogP contribution in [-0.2, 0) is 16.1 Å². The van der Waals surface area contributed by atoms with Crippen LogP contribution in [0.1, 0.15) is 37.7 Å². The molecule has 24 heavy (non-hydrogen) atoms. The first-order valence-corrected chi connectivity index (χ1v) is 7.88. The van der Waals surface area contributed by atoms with E-state index in [0.717, 1.165) is 18.0 Å². The average molecular weight is 339 g/mol.